The first-order valence-corrected chi connectivity index (χ1v) is 11.4. The number of nitrogens with zero attached hydrogens (tertiary/aromatic N) is 1. The van der Waals surface area contributed by atoms with Crippen LogP contribution in [0.2, 0.25) is 10.0 Å². The summed E-state index contributed by atoms with van der Waals surface area (Å²) in [5.74, 6) is 0.285. The van der Waals surface area contributed by atoms with Crippen LogP contribution in [-0.4, -0.2) is 35.6 Å². The Morgan fingerprint density at radius 1 is 0.906 bits per heavy atom. The van der Waals surface area contributed by atoms with Crippen molar-refractivity contribution < 1.29 is 22.7 Å². The molecule has 0 saturated heterocycles. The maximum atomic E-state index is 13.1. The van der Waals surface area contributed by atoms with Gasteiger partial charge in [-0.1, -0.05) is 29.3 Å². The van der Waals surface area contributed by atoms with Crippen LogP contribution in [0.25, 0.3) is 0 Å². The van der Waals surface area contributed by atoms with E-state index >= 15 is 0 Å². The molecule has 0 saturated carbocycles. The van der Waals surface area contributed by atoms with Crippen molar-refractivity contribution >= 4 is 50.5 Å². The highest BCUT2D eigenvalue weighted by Gasteiger charge is 2.23. The van der Waals surface area contributed by atoms with Crippen LogP contribution in [0.1, 0.15) is 10.4 Å². The predicted molar refractivity (Wildman–Crippen MR) is 126 cm³/mol. The van der Waals surface area contributed by atoms with Gasteiger partial charge in [-0.3, -0.25) is 9.10 Å². The molecule has 168 valence electrons. The number of ether oxygens (including phenoxy) is 2. The number of carbonyl (C=O) groups excluding carboxylic acids is 1. The largest absolute Gasteiger partial charge is 0.493 e. The van der Waals surface area contributed by atoms with Crippen molar-refractivity contribution in [1.82, 2.24) is 0 Å². The summed E-state index contributed by atoms with van der Waals surface area (Å²) >= 11 is 12.2. The molecule has 0 aliphatic heterocycles. The van der Waals surface area contributed by atoms with Gasteiger partial charge in [0.2, 0.25) is 0 Å². The molecule has 10 heteroatoms. The number of hydrogen-bond acceptors (Lipinski definition) is 5. The van der Waals surface area contributed by atoms with Crippen LogP contribution in [0.15, 0.2) is 65.6 Å². The first kappa shape index (κ1) is 23.7. The van der Waals surface area contributed by atoms with E-state index in [0.717, 1.165) is 4.31 Å². The second-order valence-electron chi connectivity index (χ2n) is 6.59. The Kier molecular flexibility index (Phi) is 7.18. The zero-order chi connectivity index (χ0) is 23.5. The standard InChI is InChI=1S/C22H20Cl2N2O5S/c1-26(32(28,29)16-11-12-19(30-2)20(13-16)31-3)15-9-7-14(8-10-15)22(27)25-21-17(23)5-4-6-18(21)24/h4-13H,1-3H3,(H,25,27). The van der Waals surface area contributed by atoms with Crippen molar-refractivity contribution in [3.63, 3.8) is 0 Å². The van der Waals surface area contributed by atoms with Gasteiger partial charge in [-0.05, 0) is 48.5 Å². The van der Waals surface area contributed by atoms with Crippen LogP contribution in [-0.2, 0) is 10.0 Å². The van der Waals surface area contributed by atoms with Gasteiger partial charge in [0.25, 0.3) is 15.9 Å². The van der Waals surface area contributed by atoms with Gasteiger partial charge in [0, 0.05) is 18.7 Å². The van der Waals surface area contributed by atoms with Crippen LogP contribution >= 0.6 is 23.2 Å². The molecular weight excluding hydrogens is 475 g/mol. The highest BCUT2D eigenvalue weighted by atomic mass is 35.5. The minimum Gasteiger partial charge on any atom is -0.493 e. The summed E-state index contributed by atoms with van der Waals surface area (Å²) in [5, 5.41) is 3.28. The SMILES string of the molecule is COc1ccc(S(=O)(=O)N(C)c2ccc(C(=O)Nc3c(Cl)cccc3Cl)cc2)cc1OC. The molecule has 32 heavy (non-hydrogen) atoms. The summed E-state index contributed by atoms with van der Waals surface area (Å²) in [7, 11) is 0.437. The fourth-order valence-corrected chi connectivity index (χ4v) is 4.60. The number of para-hydroxylation sites is 1. The Morgan fingerprint density at radius 2 is 1.50 bits per heavy atom. The first-order valence-electron chi connectivity index (χ1n) is 9.25. The quantitative estimate of drug-likeness (QED) is 0.494. The summed E-state index contributed by atoms with van der Waals surface area (Å²) in [4.78, 5) is 12.6. The number of hydrogen-bond donors (Lipinski definition) is 1. The van der Waals surface area contributed by atoms with Crippen LogP contribution in [0.3, 0.4) is 0 Å². The van der Waals surface area contributed by atoms with E-state index in [-0.39, 0.29) is 4.90 Å². The van der Waals surface area contributed by atoms with Crippen LogP contribution in [0, 0.1) is 0 Å². The zero-order valence-electron chi connectivity index (χ0n) is 17.4. The Morgan fingerprint density at radius 3 is 2.06 bits per heavy atom. The lowest BCUT2D eigenvalue weighted by Crippen LogP contribution is -2.26. The summed E-state index contributed by atoms with van der Waals surface area (Å²) in [6.07, 6.45) is 0. The Hall–Kier alpha value is -2.94. The molecule has 0 radical (unpaired) electrons. The topological polar surface area (TPSA) is 84.9 Å². The van der Waals surface area contributed by atoms with Crippen molar-refractivity contribution in [1.29, 1.82) is 0 Å². The minimum atomic E-state index is -3.88. The van der Waals surface area contributed by atoms with E-state index in [0.29, 0.717) is 38.5 Å². The van der Waals surface area contributed by atoms with E-state index in [1.165, 1.54) is 63.7 Å². The Labute approximate surface area is 196 Å². The van der Waals surface area contributed by atoms with Gasteiger partial charge < -0.3 is 14.8 Å². The molecule has 0 aromatic heterocycles. The molecule has 0 atom stereocenters. The summed E-state index contributed by atoms with van der Waals surface area (Å²) in [6, 6.07) is 15.3. The second-order valence-corrected chi connectivity index (χ2v) is 9.37. The van der Waals surface area contributed by atoms with Crippen LogP contribution in [0.4, 0.5) is 11.4 Å². The van der Waals surface area contributed by atoms with Crippen molar-refractivity contribution in [3.8, 4) is 11.5 Å². The van der Waals surface area contributed by atoms with Gasteiger partial charge in [0.05, 0.1) is 40.5 Å². The molecule has 7 nitrogen and oxygen atoms in total. The minimum absolute atomic E-state index is 0.0350. The van der Waals surface area contributed by atoms with E-state index in [1.54, 1.807) is 18.2 Å². The smallest absolute Gasteiger partial charge is 0.264 e. The molecule has 0 bridgehead atoms. The maximum Gasteiger partial charge on any atom is 0.264 e. The van der Waals surface area contributed by atoms with Crippen LogP contribution < -0.4 is 19.1 Å². The fraction of sp³-hybridized carbons (Fsp3) is 0.136. The maximum absolute atomic E-state index is 13.1. The lowest BCUT2D eigenvalue weighted by molar-refractivity contribution is 0.102. The molecule has 0 aliphatic carbocycles. The molecule has 3 aromatic carbocycles. The Bertz CT molecular complexity index is 1230. The molecule has 0 heterocycles. The molecule has 1 amide bonds. The second kappa shape index (κ2) is 9.68. The third-order valence-corrected chi connectivity index (χ3v) is 7.12. The molecule has 0 fully saturated rings. The number of halogens is 2. The van der Waals surface area contributed by atoms with E-state index in [2.05, 4.69) is 5.32 Å². The van der Waals surface area contributed by atoms with Gasteiger partial charge in [-0.25, -0.2) is 8.42 Å². The van der Waals surface area contributed by atoms with Crippen molar-refractivity contribution in [2.24, 2.45) is 0 Å². The normalized spacial score (nSPS) is 11.0. The Balaban J connectivity index is 1.83. The lowest BCUT2D eigenvalue weighted by Gasteiger charge is -2.20. The predicted octanol–water partition coefficient (Wildman–Crippen LogP) is 5.09. The average Bonchev–Trinajstić information content (AvgIpc) is 2.80. The van der Waals surface area contributed by atoms with Gasteiger partial charge in [0.1, 0.15) is 0 Å². The van der Waals surface area contributed by atoms with E-state index in [9.17, 15) is 13.2 Å². The molecular formula is C22H20Cl2N2O5S. The van der Waals surface area contributed by atoms with Crippen molar-refractivity contribution in [2.45, 2.75) is 4.90 Å². The molecule has 0 spiro atoms. The monoisotopic (exact) mass is 494 g/mol. The van der Waals surface area contributed by atoms with Gasteiger partial charge in [0.15, 0.2) is 11.5 Å². The number of nitrogens with one attached hydrogen (secondary N) is 1. The number of anilines is 2. The van der Waals surface area contributed by atoms with E-state index in [4.69, 9.17) is 32.7 Å². The molecule has 3 aromatic rings. The highest BCUT2D eigenvalue weighted by molar-refractivity contribution is 7.92. The summed E-state index contributed by atoms with van der Waals surface area (Å²) < 4.78 is 37.6. The zero-order valence-corrected chi connectivity index (χ0v) is 19.8. The summed E-state index contributed by atoms with van der Waals surface area (Å²) in [6.45, 7) is 0. The number of sulfonamides is 1. The van der Waals surface area contributed by atoms with Gasteiger partial charge in [-0.2, -0.15) is 0 Å². The average molecular weight is 495 g/mol. The molecule has 0 unspecified atom stereocenters. The molecule has 1 N–H and O–H groups in total. The number of rotatable bonds is 7. The van der Waals surface area contributed by atoms with Gasteiger partial charge >= 0.3 is 0 Å². The van der Waals surface area contributed by atoms with E-state index in [1.807, 2.05) is 0 Å². The fourth-order valence-electron chi connectivity index (χ4n) is 2.90. The third-order valence-electron chi connectivity index (χ3n) is 4.71. The first-order chi connectivity index (χ1) is 15.2. The summed E-state index contributed by atoms with van der Waals surface area (Å²) in [5.41, 5.74) is 0.979. The van der Waals surface area contributed by atoms with Crippen molar-refractivity contribution in [3.05, 3.63) is 76.3 Å². The third kappa shape index (κ3) is 4.77. The molecule has 0 aliphatic rings. The number of benzene rings is 3. The number of carbonyl (C=O) groups is 1. The van der Waals surface area contributed by atoms with E-state index < -0.39 is 15.9 Å². The van der Waals surface area contributed by atoms with Gasteiger partial charge in [-0.15, -0.1) is 0 Å². The number of amides is 1. The lowest BCUT2D eigenvalue weighted by atomic mass is 10.2. The number of methoxy groups -OCH3 is 2. The molecule has 3 rings (SSSR count). The highest BCUT2D eigenvalue weighted by Crippen LogP contribution is 2.32. The van der Waals surface area contributed by atoms with Crippen LogP contribution in [0.5, 0.6) is 11.5 Å². The van der Waals surface area contributed by atoms with Crippen molar-refractivity contribution in [2.75, 3.05) is 30.9 Å².